The summed E-state index contributed by atoms with van der Waals surface area (Å²) < 4.78 is 12.1. The van der Waals surface area contributed by atoms with Crippen LogP contribution in [0.25, 0.3) is 0 Å². The van der Waals surface area contributed by atoms with E-state index in [9.17, 15) is 9.59 Å². The molecule has 4 aliphatic rings. The van der Waals surface area contributed by atoms with Gasteiger partial charge in [0, 0.05) is 36.5 Å². The highest BCUT2D eigenvalue weighted by molar-refractivity contribution is 6.02. The highest BCUT2D eigenvalue weighted by Crippen LogP contribution is 2.34. The summed E-state index contributed by atoms with van der Waals surface area (Å²) in [5, 5.41) is 2.78. The van der Waals surface area contributed by atoms with E-state index in [0.717, 1.165) is 30.8 Å². The number of likely N-dealkylation sites (tertiary alicyclic amines) is 1. The maximum atomic E-state index is 13.1. The van der Waals surface area contributed by atoms with Gasteiger partial charge in [-0.3, -0.25) is 14.5 Å². The Morgan fingerprint density at radius 2 is 1.74 bits per heavy atom. The molecule has 0 aliphatic carbocycles. The van der Waals surface area contributed by atoms with Gasteiger partial charge in [-0.05, 0) is 48.9 Å². The summed E-state index contributed by atoms with van der Waals surface area (Å²) in [7, 11) is 0. The molecule has 3 unspecified atom stereocenters. The number of morpholine rings is 1. The first-order chi connectivity index (χ1) is 17.0. The van der Waals surface area contributed by atoms with Crippen molar-refractivity contribution in [3.63, 3.8) is 0 Å². The molecule has 0 spiro atoms. The average molecular weight is 474 g/mol. The number of amides is 2. The Balaban J connectivity index is 1.09. The smallest absolute Gasteiger partial charge is 0.255 e. The molecule has 3 fully saturated rings. The second-order valence-corrected chi connectivity index (χ2v) is 10.1. The lowest BCUT2D eigenvalue weighted by Crippen LogP contribution is -2.49. The van der Waals surface area contributed by atoms with Gasteiger partial charge in [0.1, 0.15) is 18.4 Å². The van der Waals surface area contributed by atoms with Crippen LogP contribution in [0.2, 0.25) is 0 Å². The molecule has 7 nitrogen and oxygen atoms in total. The van der Waals surface area contributed by atoms with Gasteiger partial charge in [0.25, 0.3) is 5.91 Å². The van der Waals surface area contributed by atoms with Gasteiger partial charge in [0.2, 0.25) is 5.91 Å². The molecule has 2 amide bonds. The van der Waals surface area contributed by atoms with Crippen LogP contribution in [0.1, 0.15) is 52.7 Å². The molecule has 2 bridgehead atoms. The fourth-order valence-corrected chi connectivity index (χ4v) is 5.76. The molecule has 2 aromatic carbocycles. The van der Waals surface area contributed by atoms with Gasteiger partial charge < -0.3 is 19.7 Å². The molecule has 3 atom stereocenters. The lowest BCUT2D eigenvalue weighted by Gasteiger charge is -2.32. The van der Waals surface area contributed by atoms with Gasteiger partial charge in [-0.15, -0.1) is 0 Å². The Morgan fingerprint density at radius 3 is 2.49 bits per heavy atom. The highest BCUT2D eigenvalue weighted by atomic mass is 16.5. The van der Waals surface area contributed by atoms with Gasteiger partial charge in [0.15, 0.2) is 0 Å². The van der Waals surface area contributed by atoms with Crippen LogP contribution in [0.4, 0.5) is 0 Å². The van der Waals surface area contributed by atoms with E-state index in [0.29, 0.717) is 55.2 Å². The highest BCUT2D eigenvalue weighted by Gasteiger charge is 2.39. The number of carbonyl (C=O) groups is 2. The molecule has 0 aromatic heterocycles. The summed E-state index contributed by atoms with van der Waals surface area (Å²) in [6.07, 6.45) is 4.47. The number of hydrogen-bond acceptors (Lipinski definition) is 5. The molecule has 0 saturated carbocycles. The summed E-state index contributed by atoms with van der Waals surface area (Å²) >= 11 is 0. The van der Waals surface area contributed by atoms with Crippen LogP contribution >= 0.6 is 0 Å². The Morgan fingerprint density at radius 1 is 1.00 bits per heavy atom. The van der Waals surface area contributed by atoms with Crippen LogP contribution in [-0.2, 0) is 29.2 Å². The van der Waals surface area contributed by atoms with E-state index in [-0.39, 0.29) is 11.8 Å². The van der Waals surface area contributed by atoms with Crippen molar-refractivity contribution in [3.05, 3.63) is 77.0 Å². The van der Waals surface area contributed by atoms with Crippen LogP contribution in [0.3, 0.4) is 0 Å². The minimum atomic E-state index is -0.470. The molecule has 4 heterocycles. The molecule has 1 N–H and O–H groups in total. The zero-order valence-corrected chi connectivity index (χ0v) is 19.9. The summed E-state index contributed by atoms with van der Waals surface area (Å²) in [5.41, 5.74) is 4.57. The molecule has 35 heavy (non-hydrogen) atoms. The van der Waals surface area contributed by atoms with Crippen molar-refractivity contribution in [2.75, 3.05) is 13.1 Å². The van der Waals surface area contributed by atoms with E-state index >= 15 is 0 Å². The van der Waals surface area contributed by atoms with Gasteiger partial charge in [0.05, 0.1) is 18.8 Å². The quantitative estimate of drug-likeness (QED) is 0.697. The van der Waals surface area contributed by atoms with Gasteiger partial charge in [-0.2, -0.15) is 0 Å². The summed E-state index contributed by atoms with van der Waals surface area (Å²) in [6.45, 7) is 7.63. The molecule has 2 aromatic rings. The van der Waals surface area contributed by atoms with Crippen molar-refractivity contribution >= 4 is 11.8 Å². The lowest BCUT2D eigenvalue weighted by molar-refractivity contribution is -0.126. The van der Waals surface area contributed by atoms with Crippen molar-refractivity contribution in [2.45, 2.75) is 63.6 Å². The Hall–Kier alpha value is -3.16. The van der Waals surface area contributed by atoms with Crippen molar-refractivity contribution < 1.29 is 19.1 Å². The van der Waals surface area contributed by atoms with E-state index in [4.69, 9.17) is 9.47 Å². The molecule has 7 heteroatoms. The molecule has 182 valence electrons. The van der Waals surface area contributed by atoms with Crippen LogP contribution in [0.5, 0.6) is 5.75 Å². The minimum Gasteiger partial charge on any atom is -0.489 e. The average Bonchev–Trinajstić information content (AvgIpc) is 3.37. The Labute approximate surface area is 205 Å². The number of hydrogen-bond donors (Lipinski definition) is 1. The Bertz CT molecular complexity index is 1150. The number of benzene rings is 2. The lowest BCUT2D eigenvalue weighted by atomic mass is 10.0. The molecule has 6 rings (SSSR count). The number of fused-ring (bicyclic) bond motifs is 3. The second-order valence-electron chi connectivity index (χ2n) is 10.1. The third-order valence-electron chi connectivity index (χ3n) is 7.59. The zero-order chi connectivity index (χ0) is 23.9. The van der Waals surface area contributed by atoms with Crippen LogP contribution in [0.15, 0.2) is 54.7 Å². The van der Waals surface area contributed by atoms with E-state index < -0.39 is 6.04 Å². The van der Waals surface area contributed by atoms with E-state index in [1.54, 1.807) is 4.90 Å². The molecule has 3 saturated heterocycles. The maximum Gasteiger partial charge on any atom is 0.255 e. The topological polar surface area (TPSA) is 71.1 Å². The largest absolute Gasteiger partial charge is 0.489 e. The van der Waals surface area contributed by atoms with Crippen LogP contribution in [-0.4, -0.2) is 53.0 Å². The third kappa shape index (κ3) is 4.46. The minimum absolute atomic E-state index is 0.112. The fraction of sp³-hybridized carbons (Fsp3) is 0.429. The number of rotatable bonds is 6. The molecule has 0 radical (unpaired) electrons. The van der Waals surface area contributed by atoms with Gasteiger partial charge in [-0.1, -0.05) is 36.9 Å². The zero-order valence-electron chi connectivity index (χ0n) is 19.9. The van der Waals surface area contributed by atoms with Gasteiger partial charge >= 0.3 is 0 Å². The number of nitrogens with one attached hydrogen (secondary N) is 1. The van der Waals surface area contributed by atoms with Gasteiger partial charge in [-0.25, -0.2) is 0 Å². The molecular weight excluding hydrogens is 442 g/mol. The van der Waals surface area contributed by atoms with Crippen molar-refractivity contribution in [1.29, 1.82) is 0 Å². The second kappa shape index (κ2) is 9.13. The summed E-state index contributed by atoms with van der Waals surface area (Å²) in [4.78, 5) is 29.7. The third-order valence-corrected chi connectivity index (χ3v) is 7.59. The maximum absolute atomic E-state index is 13.1. The van der Waals surface area contributed by atoms with Crippen LogP contribution in [0, 0.1) is 0 Å². The van der Waals surface area contributed by atoms with Crippen molar-refractivity contribution in [1.82, 2.24) is 15.1 Å². The number of allylic oxidation sites excluding steroid dienone is 1. The molecular formula is C28H31N3O4. The summed E-state index contributed by atoms with van der Waals surface area (Å²) in [6, 6.07) is 13.7. The number of nitrogens with zero attached hydrogens (tertiary/aromatic N) is 2. The normalized spacial score (nSPS) is 26.1. The standard InChI is InChI=1S/C28H31N3O4/c1-18-5-12-25(27(32)29-18)31-16-24-23(28(31)33)3-2-4-26(24)34-17-20-8-6-19(7-9-20)13-30-14-21-10-11-22(15-30)35-21/h2-4,6-9,21-22,25H,1,5,10-17H2,(H,29,32). The molecule has 4 aliphatic heterocycles. The number of piperidine rings is 1. The summed E-state index contributed by atoms with van der Waals surface area (Å²) in [5.74, 6) is 0.431. The van der Waals surface area contributed by atoms with E-state index in [1.807, 2.05) is 18.2 Å². The van der Waals surface area contributed by atoms with Crippen LogP contribution < -0.4 is 10.1 Å². The monoisotopic (exact) mass is 473 g/mol. The fourth-order valence-electron chi connectivity index (χ4n) is 5.76. The number of carbonyl (C=O) groups excluding carboxylic acids is 2. The van der Waals surface area contributed by atoms with E-state index in [2.05, 4.69) is 41.1 Å². The SMILES string of the molecule is C=C1CCC(N2Cc3c(OCc4ccc(CN5CC6CCC(C5)O6)cc4)cccc3C2=O)C(=O)N1. The Kier molecular flexibility index (Phi) is 5.82. The first-order valence-electron chi connectivity index (χ1n) is 12.5. The van der Waals surface area contributed by atoms with Crippen molar-refractivity contribution in [2.24, 2.45) is 0 Å². The predicted molar refractivity (Wildman–Crippen MR) is 131 cm³/mol. The number of ether oxygens (including phenoxy) is 2. The predicted octanol–water partition coefficient (Wildman–Crippen LogP) is 3.38. The van der Waals surface area contributed by atoms with Crippen molar-refractivity contribution in [3.8, 4) is 5.75 Å². The first kappa shape index (κ1) is 22.3. The first-order valence-corrected chi connectivity index (χ1v) is 12.5. The van der Waals surface area contributed by atoms with E-state index in [1.165, 1.54) is 18.4 Å².